The van der Waals surface area contributed by atoms with Gasteiger partial charge >= 0.3 is 0 Å². The Morgan fingerprint density at radius 1 is 0.943 bits per heavy atom. The van der Waals surface area contributed by atoms with Crippen molar-refractivity contribution in [3.63, 3.8) is 0 Å². The van der Waals surface area contributed by atoms with E-state index in [-0.39, 0.29) is 12.1 Å². The lowest BCUT2D eigenvalue weighted by atomic mass is 9.95. The number of aliphatic imine (C=N–C) groups is 1. The van der Waals surface area contributed by atoms with Crippen molar-refractivity contribution in [2.75, 3.05) is 13.7 Å². The lowest BCUT2D eigenvalue weighted by Crippen LogP contribution is -2.25. The highest BCUT2D eigenvalue weighted by molar-refractivity contribution is 6.30. The number of amidine groups is 1. The number of hydrogen-bond acceptors (Lipinski definition) is 5. The van der Waals surface area contributed by atoms with Gasteiger partial charge in [-0.25, -0.2) is 4.98 Å². The zero-order valence-electron chi connectivity index (χ0n) is 19.1. The van der Waals surface area contributed by atoms with E-state index < -0.39 is 0 Å². The Hall–Kier alpha value is -3.48. The van der Waals surface area contributed by atoms with Crippen LogP contribution in [-0.4, -0.2) is 29.1 Å². The van der Waals surface area contributed by atoms with Gasteiger partial charge in [0, 0.05) is 28.5 Å². The Bertz CT molecular complexity index is 1310. The van der Waals surface area contributed by atoms with E-state index in [0.29, 0.717) is 34.7 Å². The summed E-state index contributed by atoms with van der Waals surface area (Å²) < 4.78 is 13.6. The molecule has 3 aromatic carbocycles. The van der Waals surface area contributed by atoms with Crippen LogP contribution >= 0.6 is 23.2 Å². The van der Waals surface area contributed by atoms with Crippen LogP contribution in [-0.2, 0) is 6.54 Å². The topological polar surface area (TPSA) is 60.7 Å². The summed E-state index contributed by atoms with van der Waals surface area (Å²) in [5, 5.41) is 5.01. The van der Waals surface area contributed by atoms with Gasteiger partial charge in [0.1, 0.15) is 30.0 Å². The molecule has 0 bridgehead atoms. The second-order valence-electron chi connectivity index (χ2n) is 8.16. The molecule has 8 heteroatoms. The molecular formula is C27H24Cl2N4O2. The van der Waals surface area contributed by atoms with Crippen molar-refractivity contribution < 1.29 is 9.47 Å². The molecule has 35 heavy (non-hydrogen) atoms. The first-order valence-electron chi connectivity index (χ1n) is 11.2. The summed E-state index contributed by atoms with van der Waals surface area (Å²) in [6.07, 6.45) is 5.43. The van der Waals surface area contributed by atoms with E-state index in [1.807, 2.05) is 77.5 Å². The van der Waals surface area contributed by atoms with Crippen molar-refractivity contribution in [3.05, 3.63) is 112 Å². The Morgan fingerprint density at radius 3 is 2.31 bits per heavy atom. The molecule has 0 fully saturated rings. The van der Waals surface area contributed by atoms with Crippen LogP contribution in [0.3, 0.4) is 0 Å². The molecule has 2 unspecified atom stereocenters. The summed E-state index contributed by atoms with van der Waals surface area (Å²) in [4.78, 5) is 9.19. The third kappa shape index (κ3) is 5.29. The maximum Gasteiger partial charge on any atom is 0.134 e. The van der Waals surface area contributed by atoms with Gasteiger partial charge in [-0.2, -0.15) is 0 Å². The molecule has 0 amide bonds. The summed E-state index contributed by atoms with van der Waals surface area (Å²) in [7, 11) is 1.64. The Balaban J connectivity index is 1.48. The second kappa shape index (κ2) is 10.4. The predicted molar refractivity (Wildman–Crippen MR) is 139 cm³/mol. The minimum atomic E-state index is -0.149. The molecule has 1 aromatic heterocycles. The van der Waals surface area contributed by atoms with E-state index in [0.717, 1.165) is 22.5 Å². The molecule has 6 nitrogen and oxygen atoms in total. The zero-order valence-corrected chi connectivity index (χ0v) is 20.6. The molecule has 0 radical (unpaired) electrons. The Morgan fingerprint density at radius 2 is 1.66 bits per heavy atom. The van der Waals surface area contributed by atoms with Crippen molar-refractivity contribution in [2.45, 2.75) is 18.6 Å². The van der Waals surface area contributed by atoms with Crippen LogP contribution in [0.15, 0.2) is 90.4 Å². The van der Waals surface area contributed by atoms with Gasteiger partial charge in [-0.15, -0.1) is 0 Å². The molecule has 178 valence electrons. The standard InChI is InChI=1S/C27H24Cl2N4O2/c1-34-22-10-11-23(24(16-22)35-15-14-33-13-12-30-17-33)27-31-25(18-2-6-20(28)7-3-18)26(32-27)19-4-8-21(29)9-5-19/h2-13,16-17,25-26H,14-15H2,1H3,(H,31,32). The van der Waals surface area contributed by atoms with E-state index in [1.165, 1.54) is 0 Å². The number of ether oxygens (including phenoxy) is 2. The number of nitrogens with zero attached hydrogens (tertiary/aromatic N) is 3. The first-order chi connectivity index (χ1) is 17.1. The number of methoxy groups -OCH3 is 1. The number of benzene rings is 3. The summed E-state index contributed by atoms with van der Waals surface area (Å²) in [6, 6.07) is 21.2. The highest BCUT2D eigenvalue weighted by Crippen LogP contribution is 2.39. The van der Waals surface area contributed by atoms with E-state index in [1.54, 1.807) is 19.6 Å². The molecule has 4 aromatic rings. The number of aromatic nitrogens is 2. The number of imidazole rings is 1. The van der Waals surface area contributed by atoms with Crippen LogP contribution in [0.1, 0.15) is 28.8 Å². The molecule has 0 saturated heterocycles. The second-order valence-corrected chi connectivity index (χ2v) is 9.03. The van der Waals surface area contributed by atoms with Crippen LogP contribution in [0.2, 0.25) is 10.0 Å². The SMILES string of the molecule is COc1ccc(C2=NC(c3ccc(Cl)cc3)C(c3ccc(Cl)cc3)N2)c(OCCn2ccnc2)c1. The van der Waals surface area contributed by atoms with Gasteiger partial charge in [0.05, 0.1) is 31.6 Å². The molecule has 0 spiro atoms. The first-order valence-corrected chi connectivity index (χ1v) is 12.0. The van der Waals surface area contributed by atoms with Gasteiger partial charge in [0.15, 0.2) is 0 Å². The first kappa shape index (κ1) is 23.3. The summed E-state index contributed by atoms with van der Waals surface area (Å²) >= 11 is 12.3. The van der Waals surface area contributed by atoms with Crippen molar-refractivity contribution in [1.29, 1.82) is 0 Å². The highest BCUT2D eigenvalue weighted by atomic mass is 35.5. The lowest BCUT2D eigenvalue weighted by Gasteiger charge is -2.20. The predicted octanol–water partition coefficient (Wildman–Crippen LogP) is 6.11. The van der Waals surface area contributed by atoms with Crippen LogP contribution < -0.4 is 14.8 Å². The normalized spacial score (nSPS) is 17.1. The van der Waals surface area contributed by atoms with Gasteiger partial charge in [-0.1, -0.05) is 47.5 Å². The van der Waals surface area contributed by atoms with Gasteiger partial charge in [0.25, 0.3) is 0 Å². The molecule has 2 atom stereocenters. The van der Waals surface area contributed by atoms with E-state index in [9.17, 15) is 0 Å². The molecule has 0 saturated carbocycles. The molecule has 0 aliphatic carbocycles. The fourth-order valence-electron chi connectivity index (χ4n) is 4.11. The molecular weight excluding hydrogens is 483 g/mol. The maximum absolute atomic E-state index is 6.19. The Kier molecular flexibility index (Phi) is 6.93. The molecule has 1 N–H and O–H groups in total. The van der Waals surface area contributed by atoms with Gasteiger partial charge in [-0.05, 0) is 47.5 Å². The van der Waals surface area contributed by atoms with E-state index in [4.69, 9.17) is 37.7 Å². The molecule has 5 rings (SSSR count). The maximum atomic E-state index is 6.19. The minimum absolute atomic E-state index is 0.0793. The van der Waals surface area contributed by atoms with Crippen molar-refractivity contribution in [2.24, 2.45) is 4.99 Å². The number of halogens is 2. The number of nitrogens with one attached hydrogen (secondary N) is 1. The average Bonchev–Trinajstić information content (AvgIpc) is 3.55. The van der Waals surface area contributed by atoms with E-state index >= 15 is 0 Å². The summed E-state index contributed by atoms with van der Waals surface area (Å²) in [6.45, 7) is 1.16. The zero-order chi connectivity index (χ0) is 24.2. The van der Waals surface area contributed by atoms with E-state index in [2.05, 4.69) is 10.3 Å². The minimum Gasteiger partial charge on any atom is -0.497 e. The van der Waals surface area contributed by atoms with Crippen LogP contribution in [0.5, 0.6) is 11.5 Å². The smallest absolute Gasteiger partial charge is 0.134 e. The van der Waals surface area contributed by atoms with Gasteiger partial charge in [0.2, 0.25) is 0 Å². The summed E-state index contributed by atoms with van der Waals surface area (Å²) in [5.41, 5.74) is 3.02. The fourth-order valence-corrected chi connectivity index (χ4v) is 4.36. The quantitative estimate of drug-likeness (QED) is 0.313. The third-order valence-electron chi connectivity index (χ3n) is 5.93. The van der Waals surface area contributed by atoms with Crippen LogP contribution in [0.25, 0.3) is 0 Å². The number of hydrogen-bond donors (Lipinski definition) is 1. The number of rotatable bonds is 8. The Labute approximate surface area is 214 Å². The van der Waals surface area contributed by atoms with Crippen LogP contribution in [0.4, 0.5) is 0 Å². The highest BCUT2D eigenvalue weighted by Gasteiger charge is 2.33. The molecule has 1 aliphatic heterocycles. The lowest BCUT2D eigenvalue weighted by molar-refractivity contribution is 0.295. The van der Waals surface area contributed by atoms with Crippen molar-refractivity contribution in [3.8, 4) is 11.5 Å². The van der Waals surface area contributed by atoms with Gasteiger partial charge in [-0.3, -0.25) is 4.99 Å². The molecule has 2 heterocycles. The van der Waals surface area contributed by atoms with Crippen molar-refractivity contribution in [1.82, 2.24) is 14.9 Å². The molecule has 1 aliphatic rings. The monoisotopic (exact) mass is 506 g/mol. The average molecular weight is 507 g/mol. The third-order valence-corrected chi connectivity index (χ3v) is 6.43. The van der Waals surface area contributed by atoms with Gasteiger partial charge < -0.3 is 19.4 Å². The largest absolute Gasteiger partial charge is 0.497 e. The fraction of sp³-hybridized carbons (Fsp3) is 0.185. The van der Waals surface area contributed by atoms with Crippen molar-refractivity contribution >= 4 is 29.0 Å². The van der Waals surface area contributed by atoms with Crippen LogP contribution in [0, 0.1) is 0 Å². The summed E-state index contributed by atoms with van der Waals surface area (Å²) in [5.74, 6) is 2.17.